The molecular formula is C17H22N2O2. The summed E-state index contributed by atoms with van der Waals surface area (Å²) in [6, 6.07) is 6.23. The summed E-state index contributed by atoms with van der Waals surface area (Å²) in [5.74, 6) is 0.799. The highest BCUT2D eigenvalue weighted by atomic mass is 16.6. The molecule has 0 amide bonds. The molecule has 3 rings (SSSR count). The number of aryl methyl sites for hydroxylation is 2. The van der Waals surface area contributed by atoms with Gasteiger partial charge >= 0.3 is 6.08 Å². The van der Waals surface area contributed by atoms with Crippen molar-refractivity contribution >= 4 is 0 Å². The first kappa shape index (κ1) is 14.1. The van der Waals surface area contributed by atoms with Gasteiger partial charge in [-0.15, -0.1) is 0 Å². The molecule has 1 N–H and O–H groups in total. The lowest BCUT2D eigenvalue weighted by Crippen LogP contribution is -2.35. The lowest BCUT2D eigenvalue weighted by Gasteiger charge is -2.19. The maximum absolute atomic E-state index is 5.71. The highest BCUT2D eigenvalue weighted by molar-refractivity contribution is 5.39. The number of benzene rings is 1. The summed E-state index contributed by atoms with van der Waals surface area (Å²) in [5, 5.41) is 3.37. The minimum Gasteiger partial charge on any atom is -0.417 e. The maximum Gasteiger partial charge on any atom is 0.399 e. The second-order valence-electron chi connectivity index (χ2n) is 6.59. The molecule has 2 aromatic rings. The van der Waals surface area contributed by atoms with Gasteiger partial charge in [-0.1, -0.05) is 6.07 Å². The van der Waals surface area contributed by atoms with Crippen molar-refractivity contribution in [1.29, 1.82) is 0 Å². The summed E-state index contributed by atoms with van der Waals surface area (Å²) in [4.78, 5) is 4.35. The molecule has 0 fully saturated rings. The summed E-state index contributed by atoms with van der Waals surface area (Å²) >= 11 is 0. The topological polar surface area (TPSA) is 47.3 Å². The molecule has 0 saturated carbocycles. The molecule has 4 nitrogen and oxygen atoms in total. The zero-order valence-electron chi connectivity index (χ0n) is 12.9. The average molecular weight is 286 g/mol. The normalized spacial score (nSPS) is 14.2. The van der Waals surface area contributed by atoms with Gasteiger partial charge in [-0.25, -0.2) is 0 Å². The number of nitrogens with zero attached hydrogens (tertiary/aromatic N) is 1. The van der Waals surface area contributed by atoms with Crippen LogP contribution in [0.2, 0.25) is 0 Å². The highest BCUT2D eigenvalue weighted by Gasteiger charge is 2.14. The lowest BCUT2D eigenvalue weighted by atomic mass is 10.1. The number of hydrogen-bond donors (Lipinski definition) is 1. The zero-order valence-corrected chi connectivity index (χ0v) is 12.9. The fraction of sp³-hybridized carbons (Fsp3) is 0.471. The van der Waals surface area contributed by atoms with Gasteiger partial charge in [0.05, 0.1) is 5.69 Å². The van der Waals surface area contributed by atoms with E-state index in [1.165, 1.54) is 24.0 Å². The number of fused-ring (bicyclic) bond motifs is 1. The van der Waals surface area contributed by atoms with Crippen LogP contribution >= 0.6 is 0 Å². The van der Waals surface area contributed by atoms with Gasteiger partial charge in [0, 0.05) is 12.1 Å². The third-order valence-corrected chi connectivity index (χ3v) is 3.61. The molecule has 112 valence electrons. The second kappa shape index (κ2) is 5.53. The molecule has 0 unspecified atom stereocenters. The minimum atomic E-state index is 0.0555. The van der Waals surface area contributed by atoms with Crippen LogP contribution in [0.15, 0.2) is 28.9 Å². The number of hydrogen-bond acceptors (Lipinski definition) is 4. The first-order chi connectivity index (χ1) is 9.99. The Morgan fingerprint density at radius 1 is 1.24 bits per heavy atom. The number of aromatic nitrogens is 1. The predicted octanol–water partition coefficient (Wildman–Crippen LogP) is 3.84. The summed E-state index contributed by atoms with van der Waals surface area (Å²) in [5.41, 5.74) is 3.72. The van der Waals surface area contributed by atoms with E-state index in [4.69, 9.17) is 9.15 Å². The fourth-order valence-corrected chi connectivity index (χ4v) is 2.48. The van der Waals surface area contributed by atoms with E-state index in [0.717, 1.165) is 17.9 Å². The van der Waals surface area contributed by atoms with Gasteiger partial charge in [0.15, 0.2) is 0 Å². The van der Waals surface area contributed by atoms with Crippen molar-refractivity contribution in [2.75, 3.05) is 0 Å². The Morgan fingerprint density at radius 2 is 2.05 bits per heavy atom. The minimum absolute atomic E-state index is 0.0555. The molecule has 0 saturated heterocycles. The van der Waals surface area contributed by atoms with Crippen LogP contribution in [0.4, 0.5) is 0 Å². The largest absolute Gasteiger partial charge is 0.417 e. The Kier molecular flexibility index (Phi) is 3.72. The van der Waals surface area contributed by atoms with E-state index in [1.54, 1.807) is 6.26 Å². The Bertz CT molecular complexity index is 626. The van der Waals surface area contributed by atoms with E-state index in [9.17, 15) is 0 Å². The maximum atomic E-state index is 5.71. The van der Waals surface area contributed by atoms with Crippen molar-refractivity contribution in [2.24, 2.45) is 0 Å². The van der Waals surface area contributed by atoms with E-state index in [-0.39, 0.29) is 5.54 Å². The molecule has 1 aliphatic carbocycles. The SMILES string of the molecule is CC(C)(C)NCc1coc(Oc2ccc3c(c2)CCC3)n1. The Hall–Kier alpha value is -1.81. The van der Waals surface area contributed by atoms with Crippen molar-refractivity contribution in [3.8, 4) is 11.8 Å². The van der Waals surface area contributed by atoms with E-state index >= 15 is 0 Å². The summed E-state index contributed by atoms with van der Waals surface area (Å²) in [6.45, 7) is 7.03. The van der Waals surface area contributed by atoms with Gasteiger partial charge in [-0.2, -0.15) is 4.98 Å². The molecule has 1 aromatic heterocycles. The van der Waals surface area contributed by atoms with Crippen molar-refractivity contribution in [1.82, 2.24) is 10.3 Å². The van der Waals surface area contributed by atoms with E-state index in [0.29, 0.717) is 12.6 Å². The first-order valence-corrected chi connectivity index (χ1v) is 7.49. The molecule has 1 aliphatic rings. The number of nitrogens with one attached hydrogen (secondary N) is 1. The van der Waals surface area contributed by atoms with Crippen molar-refractivity contribution in [2.45, 2.75) is 52.1 Å². The second-order valence-corrected chi connectivity index (χ2v) is 6.59. The average Bonchev–Trinajstić information content (AvgIpc) is 3.04. The van der Waals surface area contributed by atoms with Crippen LogP contribution in [0.25, 0.3) is 0 Å². The quantitative estimate of drug-likeness (QED) is 0.927. The van der Waals surface area contributed by atoms with Gasteiger partial charge < -0.3 is 14.5 Å². The van der Waals surface area contributed by atoms with Crippen LogP contribution in [0.1, 0.15) is 44.0 Å². The Morgan fingerprint density at radius 3 is 2.86 bits per heavy atom. The van der Waals surface area contributed by atoms with Crippen molar-refractivity contribution < 1.29 is 9.15 Å². The van der Waals surface area contributed by atoms with Crippen LogP contribution < -0.4 is 10.1 Å². The Labute approximate surface area is 125 Å². The van der Waals surface area contributed by atoms with Gasteiger partial charge in [-0.05, 0) is 63.3 Å². The van der Waals surface area contributed by atoms with Gasteiger partial charge in [-0.3, -0.25) is 0 Å². The van der Waals surface area contributed by atoms with Gasteiger partial charge in [0.2, 0.25) is 0 Å². The fourth-order valence-electron chi connectivity index (χ4n) is 2.48. The number of ether oxygens (including phenoxy) is 1. The third-order valence-electron chi connectivity index (χ3n) is 3.61. The van der Waals surface area contributed by atoms with E-state index < -0.39 is 0 Å². The van der Waals surface area contributed by atoms with Gasteiger partial charge in [0.1, 0.15) is 12.0 Å². The lowest BCUT2D eigenvalue weighted by molar-refractivity contribution is 0.330. The van der Waals surface area contributed by atoms with Crippen LogP contribution in [-0.4, -0.2) is 10.5 Å². The van der Waals surface area contributed by atoms with Gasteiger partial charge in [0.25, 0.3) is 0 Å². The van der Waals surface area contributed by atoms with Crippen molar-refractivity contribution in [3.05, 3.63) is 41.3 Å². The van der Waals surface area contributed by atoms with Crippen LogP contribution in [-0.2, 0) is 19.4 Å². The molecule has 21 heavy (non-hydrogen) atoms. The zero-order chi connectivity index (χ0) is 14.9. The molecule has 0 bridgehead atoms. The van der Waals surface area contributed by atoms with Crippen LogP contribution in [0, 0.1) is 0 Å². The summed E-state index contributed by atoms with van der Waals surface area (Å²) in [7, 11) is 0. The number of oxazole rings is 1. The van der Waals surface area contributed by atoms with E-state index in [1.807, 2.05) is 6.07 Å². The van der Waals surface area contributed by atoms with E-state index in [2.05, 4.69) is 43.2 Å². The highest BCUT2D eigenvalue weighted by Crippen LogP contribution is 2.28. The summed E-state index contributed by atoms with van der Waals surface area (Å²) < 4.78 is 11.1. The molecular weight excluding hydrogens is 264 g/mol. The third kappa shape index (κ3) is 3.64. The summed E-state index contributed by atoms with van der Waals surface area (Å²) in [6.07, 6.45) is 5.50. The smallest absolute Gasteiger partial charge is 0.399 e. The van der Waals surface area contributed by atoms with Crippen molar-refractivity contribution in [3.63, 3.8) is 0 Å². The first-order valence-electron chi connectivity index (χ1n) is 7.49. The molecule has 1 aromatic carbocycles. The molecule has 0 atom stereocenters. The molecule has 1 heterocycles. The molecule has 0 spiro atoms. The monoisotopic (exact) mass is 286 g/mol. The predicted molar refractivity (Wildman–Crippen MR) is 81.6 cm³/mol. The van der Waals surface area contributed by atoms with Crippen LogP contribution in [0.5, 0.6) is 11.8 Å². The Balaban J connectivity index is 1.64. The standard InChI is InChI=1S/C17H22N2O2/c1-17(2,3)18-10-14-11-20-16(19-14)21-15-8-7-12-5-4-6-13(12)9-15/h7-9,11,18H,4-6,10H2,1-3H3. The molecule has 0 radical (unpaired) electrons. The number of rotatable bonds is 4. The molecule has 4 heteroatoms. The molecule has 0 aliphatic heterocycles. The van der Waals surface area contributed by atoms with Crippen LogP contribution in [0.3, 0.4) is 0 Å².